The first-order valence-electron chi connectivity index (χ1n) is 9.60. The SMILES string of the molecule is O=C(c1cccc(Br)c1)c1cccc2c(-c3ccncc3)c(-c3ccc(F)cc3)nn12. The van der Waals surface area contributed by atoms with Gasteiger partial charge >= 0.3 is 0 Å². The molecule has 31 heavy (non-hydrogen) atoms. The third-order valence-corrected chi connectivity index (χ3v) is 5.56. The largest absolute Gasteiger partial charge is 0.287 e. The lowest BCUT2D eigenvalue weighted by Gasteiger charge is -2.06. The second-order valence-corrected chi connectivity index (χ2v) is 7.93. The summed E-state index contributed by atoms with van der Waals surface area (Å²) in [5.74, 6) is -0.454. The summed E-state index contributed by atoms with van der Waals surface area (Å²) in [6.07, 6.45) is 3.42. The van der Waals surface area contributed by atoms with Crippen molar-refractivity contribution >= 4 is 27.2 Å². The summed E-state index contributed by atoms with van der Waals surface area (Å²) in [6, 6.07) is 22.8. The van der Waals surface area contributed by atoms with E-state index in [1.54, 1.807) is 47.2 Å². The number of hydrogen-bond donors (Lipinski definition) is 0. The van der Waals surface area contributed by atoms with E-state index < -0.39 is 0 Å². The molecule has 5 aromatic rings. The van der Waals surface area contributed by atoms with Crippen molar-refractivity contribution in [3.05, 3.63) is 113 Å². The van der Waals surface area contributed by atoms with Crippen molar-refractivity contribution in [2.75, 3.05) is 0 Å². The summed E-state index contributed by atoms with van der Waals surface area (Å²) in [4.78, 5) is 17.4. The number of rotatable bonds is 4. The minimum Gasteiger partial charge on any atom is -0.287 e. The van der Waals surface area contributed by atoms with Crippen LogP contribution in [0.2, 0.25) is 0 Å². The molecule has 0 atom stereocenters. The van der Waals surface area contributed by atoms with Crippen LogP contribution in [0.3, 0.4) is 0 Å². The van der Waals surface area contributed by atoms with E-state index in [1.807, 2.05) is 36.4 Å². The molecule has 0 aliphatic heterocycles. The predicted molar refractivity (Wildman–Crippen MR) is 121 cm³/mol. The van der Waals surface area contributed by atoms with Gasteiger partial charge in [0.05, 0.1) is 5.52 Å². The first kappa shape index (κ1) is 19.3. The quantitative estimate of drug-likeness (QED) is 0.293. The highest BCUT2D eigenvalue weighted by molar-refractivity contribution is 9.10. The van der Waals surface area contributed by atoms with Crippen molar-refractivity contribution in [3.63, 3.8) is 0 Å². The number of carbonyl (C=O) groups is 1. The van der Waals surface area contributed by atoms with Gasteiger partial charge in [-0.25, -0.2) is 8.91 Å². The highest BCUT2D eigenvalue weighted by atomic mass is 79.9. The van der Waals surface area contributed by atoms with Crippen molar-refractivity contribution in [1.29, 1.82) is 0 Å². The van der Waals surface area contributed by atoms with Crippen LogP contribution in [0.25, 0.3) is 27.9 Å². The highest BCUT2D eigenvalue weighted by Crippen LogP contribution is 2.35. The normalized spacial score (nSPS) is 11.0. The third-order valence-electron chi connectivity index (χ3n) is 5.06. The molecule has 0 fully saturated rings. The molecule has 0 radical (unpaired) electrons. The van der Waals surface area contributed by atoms with E-state index in [0.717, 1.165) is 26.7 Å². The molecule has 0 aliphatic carbocycles. The van der Waals surface area contributed by atoms with Crippen LogP contribution in [0.1, 0.15) is 16.1 Å². The maximum Gasteiger partial charge on any atom is 0.211 e. The van der Waals surface area contributed by atoms with Crippen LogP contribution < -0.4 is 0 Å². The van der Waals surface area contributed by atoms with Gasteiger partial charge in [-0.2, -0.15) is 5.10 Å². The number of fused-ring (bicyclic) bond motifs is 1. The second kappa shape index (κ2) is 7.89. The minimum absolute atomic E-state index is 0.138. The Balaban J connectivity index is 1.78. The second-order valence-electron chi connectivity index (χ2n) is 7.01. The van der Waals surface area contributed by atoms with Crippen molar-refractivity contribution in [2.24, 2.45) is 0 Å². The van der Waals surface area contributed by atoms with Crippen molar-refractivity contribution < 1.29 is 9.18 Å². The average Bonchev–Trinajstić information content (AvgIpc) is 3.19. The maximum absolute atomic E-state index is 13.5. The number of halogens is 2. The molecule has 6 heteroatoms. The van der Waals surface area contributed by atoms with Gasteiger partial charge in [-0.1, -0.05) is 34.1 Å². The first-order valence-corrected chi connectivity index (χ1v) is 10.4. The molecule has 2 aromatic carbocycles. The lowest BCUT2D eigenvalue weighted by atomic mass is 10.0. The van der Waals surface area contributed by atoms with Crippen LogP contribution in [0, 0.1) is 5.82 Å². The zero-order valence-electron chi connectivity index (χ0n) is 16.2. The molecule has 3 aromatic heterocycles. The fourth-order valence-corrected chi connectivity index (χ4v) is 4.03. The Morgan fingerprint density at radius 3 is 2.35 bits per heavy atom. The molecule has 0 saturated carbocycles. The lowest BCUT2D eigenvalue weighted by Crippen LogP contribution is -2.08. The fraction of sp³-hybridized carbons (Fsp3) is 0. The molecule has 0 spiro atoms. The Kier molecular flexibility index (Phi) is 4.92. The van der Waals surface area contributed by atoms with Gasteiger partial charge in [0.1, 0.15) is 17.2 Å². The third kappa shape index (κ3) is 3.55. The number of ketones is 1. The Bertz CT molecular complexity index is 1410. The Labute approximate surface area is 186 Å². The molecule has 150 valence electrons. The zero-order valence-corrected chi connectivity index (χ0v) is 17.8. The smallest absolute Gasteiger partial charge is 0.211 e. The molecule has 0 bridgehead atoms. The number of benzene rings is 2. The van der Waals surface area contributed by atoms with Gasteiger partial charge in [0.15, 0.2) is 0 Å². The van der Waals surface area contributed by atoms with Crippen LogP contribution in [-0.4, -0.2) is 20.4 Å². The average molecular weight is 472 g/mol. The van der Waals surface area contributed by atoms with E-state index in [4.69, 9.17) is 5.10 Å². The summed E-state index contributed by atoms with van der Waals surface area (Å²) in [5.41, 5.74) is 4.99. The number of pyridine rings is 2. The van der Waals surface area contributed by atoms with Crippen molar-refractivity contribution in [3.8, 4) is 22.4 Å². The fourth-order valence-electron chi connectivity index (χ4n) is 3.63. The lowest BCUT2D eigenvalue weighted by molar-refractivity contribution is 0.103. The first-order chi connectivity index (χ1) is 15.1. The molecule has 0 saturated heterocycles. The number of carbonyl (C=O) groups excluding carboxylic acids is 1. The van der Waals surface area contributed by atoms with E-state index >= 15 is 0 Å². The van der Waals surface area contributed by atoms with Gasteiger partial charge in [0.2, 0.25) is 5.78 Å². The van der Waals surface area contributed by atoms with Crippen LogP contribution in [0.15, 0.2) is 95.7 Å². The van der Waals surface area contributed by atoms with Crippen LogP contribution >= 0.6 is 15.9 Å². The topological polar surface area (TPSA) is 47.3 Å². The molecular weight excluding hydrogens is 457 g/mol. The molecular formula is C25H15BrFN3O. The number of aromatic nitrogens is 3. The van der Waals surface area contributed by atoms with Crippen molar-refractivity contribution in [2.45, 2.75) is 0 Å². The molecule has 0 amide bonds. The van der Waals surface area contributed by atoms with E-state index in [1.165, 1.54) is 12.1 Å². The Morgan fingerprint density at radius 2 is 1.61 bits per heavy atom. The van der Waals surface area contributed by atoms with E-state index in [-0.39, 0.29) is 11.6 Å². The van der Waals surface area contributed by atoms with Crippen molar-refractivity contribution in [1.82, 2.24) is 14.6 Å². The Morgan fingerprint density at radius 1 is 0.871 bits per heavy atom. The maximum atomic E-state index is 13.5. The summed E-state index contributed by atoms with van der Waals surface area (Å²) in [5, 5.41) is 4.80. The molecule has 0 N–H and O–H groups in total. The van der Waals surface area contributed by atoms with E-state index in [9.17, 15) is 9.18 Å². The van der Waals surface area contributed by atoms with Gasteiger partial charge in [0, 0.05) is 33.6 Å². The number of nitrogens with zero attached hydrogens (tertiary/aromatic N) is 3. The van der Waals surface area contributed by atoms with Gasteiger partial charge in [-0.05, 0) is 66.2 Å². The van der Waals surface area contributed by atoms with Gasteiger partial charge < -0.3 is 0 Å². The summed E-state index contributed by atoms with van der Waals surface area (Å²) in [7, 11) is 0. The molecule has 3 heterocycles. The summed E-state index contributed by atoms with van der Waals surface area (Å²) in [6.45, 7) is 0. The molecule has 5 rings (SSSR count). The molecule has 4 nitrogen and oxygen atoms in total. The van der Waals surface area contributed by atoms with Gasteiger partial charge in [0.25, 0.3) is 0 Å². The molecule has 0 aliphatic rings. The minimum atomic E-state index is -0.316. The summed E-state index contributed by atoms with van der Waals surface area (Å²) >= 11 is 3.42. The van der Waals surface area contributed by atoms with Gasteiger partial charge in [-0.15, -0.1) is 0 Å². The Hall–Kier alpha value is -3.64. The van der Waals surface area contributed by atoms with Crippen LogP contribution in [0.4, 0.5) is 4.39 Å². The van der Waals surface area contributed by atoms with Crippen LogP contribution in [-0.2, 0) is 0 Å². The predicted octanol–water partition coefficient (Wildman–Crippen LogP) is 6.20. The summed E-state index contributed by atoms with van der Waals surface area (Å²) < 4.78 is 16.0. The van der Waals surface area contributed by atoms with Gasteiger partial charge in [-0.3, -0.25) is 9.78 Å². The van der Waals surface area contributed by atoms with Crippen LogP contribution in [0.5, 0.6) is 0 Å². The monoisotopic (exact) mass is 471 g/mol. The molecule has 0 unspecified atom stereocenters. The van der Waals surface area contributed by atoms with E-state index in [0.29, 0.717) is 17.0 Å². The highest BCUT2D eigenvalue weighted by Gasteiger charge is 2.21. The number of hydrogen-bond acceptors (Lipinski definition) is 3. The standard InChI is InChI=1S/C25H15BrFN3O/c26-19-4-1-3-18(15-19)25(31)22-6-2-5-21-23(16-11-13-28-14-12-16)24(29-30(21)22)17-7-9-20(27)10-8-17/h1-15H. The zero-order chi connectivity index (χ0) is 21.4. The van der Waals surface area contributed by atoms with E-state index in [2.05, 4.69) is 20.9 Å².